The van der Waals surface area contributed by atoms with Crippen LogP contribution in [0.4, 0.5) is 0 Å². The maximum absolute atomic E-state index is 12.9. The molecule has 4 atom stereocenters. The molecule has 2 aliphatic carbocycles. The number of carboxylic acid groups (broad SMARTS) is 1. The maximum atomic E-state index is 12.9. The number of carbonyl (C=O) groups excluding carboxylic acids is 1. The van der Waals surface area contributed by atoms with Gasteiger partial charge in [-0.3, -0.25) is 9.59 Å². The fourth-order valence-electron chi connectivity index (χ4n) is 4.59. The van der Waals surface area contributed by atoms with E-state index in [2.05, 4.69) is 11.2 Å². The van der Waals surface area contributed by atoms with E-state index in [9.17, 15) is 14.7 Å². The van der Waals surface area contributed by atoms with Crippen LogP contribution in [0, 0.1) is 36.0 Å². The molecule has 4 unspecified atom stereocenters. The second-order valence-corrected chi connectivity index (χ2v) is 7.06. The van der Waals surface area contributed by atoms with E-state index < -0.39 is 23.3 Å². The fourth-order valence-corrected chi connectivity index (χ4v) is 4.59. The first-order valence-electron chi connectivity index (χ1n) is 8.51. The highest BCUT2D eigenvalue weighted by Gasteiger charge is 2.57. The van der Waals surface area contributed by atoms with Gasteiger partial charge < -0.3 is 10.4 Å². The van der Waals surface area contributed by atoms with E-state index >= 15 is 0 Å². The predicted octanol–water partition coefficient (Wildman–Crippen LogP) is 2.99. The highest BCUT2D eigenvalue weighted by molar-refractivity contribution is 5.88. The average molecular weight is 317 g/mol. The molecular weight excluding hydrogens is 290 g/mol. The van der Waals surface area contributed by atoms with E-state index in [-0.39, 0.29) is 17.7 Å². The minimum atomic E-state index is -0.865. The summed E-state index contributed by atoms with van der Waals surface area (Å²) in [5, 5.41) is 12.7. The van der Waals surface area contributed by atoms with Crippen LogP contribution < -0.4 is 5.32 Å². The van der Waals surface area contributed by atoms with Gasteiger partial charge in [-0.2, -0.15) is 0 Å². The van der Waals surface area contributed by atoms with Crippen molar-refractivity contribution in [3.8, 4) is 12.3 Å². The Bertz CT molecular complexity index is 576. The summed E-state index contributed by atoms with van der Waals surface area (Å²) in [4.78, 5) is 24.7. The number of aliphatic carboxylic acids is 1. The highest BCUT2D eigenvalue weighted by atomic mass is 16.4. The lowest BCUT2D eigenvalue weighted by Gasteiger charge is -2.32. The van der Waals surface area contributed by atoms with Crippen molar-refractivity contribution in [2.24, 2.45) is 23.7 Å². The third kappa shape index (κ3) is 2.78. The van der Waals surface area contributed by atoms with Crippen LogP contribution in [-0.4, -0.2) is 22.5 Å². The summed E-state index contributed by atoms with van der Waals surface area (Å²) in [5.41, 5.74) is 1.68. The number of fused-ring (bicyclic) bond motifs is 2. The van der Waals surface area contributed by atoms with Crippen molar-refractivity contribution in [2.45, 2.75) is 58.9 Å². The van der Waals surface area contributed by atoms with Crippen LogP contribution in [0.1, 0.15) is 53.4 Å². The summed E-state index contributed by atoms with van der Waals surface area (Å²) in [6.45, 7) is 7.93. The van der Waals surface area contributed by atoms with E-state index in [0.717, 1.165) is 18.4 Å². The minimum Gasteiger partial charge on any atom is -0.481 e. The summed E-state index contributed by atoms with van der Waals surface area (Å²) in [5.74, 6) is 0.577. The van der Waals surface area contributed by atoms with Gasteiger partial charge in [-0.25, -0.2) is 0 Å². The van der Waals surface area contributed by atoms with Crippen molar-refractivity contribution in [1.82, 2.24) is 5.32 Å². The van der Waals surface area contributed by atoms with Gasteiger partial charge in [0.05, 0.1) is 11.8 Å². The van der Waals surface area contributed by atoms with Gasteiger partial charge in [-0.15, -0.1) is 6.42 Å². The summed E-state index contributed by atoms with van der Waals surface area (Å²) >= 11 is 0. The molecule has 2 saturated carbocycles. The van der Waals surface area contributed by atoms with E-state index in [1.54, 1.807) is 0 Å². The van der Waals surface area contributed by atoms with E-state index in [4.69, 9.17) is 6.42 Å². The van der Waals surface area contributed by atoms with Gasteiger partial charge in [0.2, 0.25) is 5.91 Å². The zero-order chi connectivity index (χ0) is 17.4. The van der Waals surface area contributed by atoms with Gasteiger partial charge >= 0.3 is 5.97 Å². The summed E-state index contributed by atoms with van der Waals surface area (Å²) in [6, 6.07) is 0. The van der Waals surface area contributed by atoms with Crippen LogP contribution in [0.15, 0.2) is 11.1 Å². The Kier molecular flexibility index (Phi) is 4.89. The van der Waals surface area contributed by atoms with Gasteiger partial charge in [0.15, 0.2) is 0 Å². The molecule has 0 radical (unpaired) electrons. The molecule has 0 aromatic carbocycles. The van der Waals surface area contributed by atoms with Crippen molar-refractivity contribution < 1.29 is 14.7 Å². The SMILES string of the molecule is C#CC(CC)(CC)NC(=O)C1C2CCC(C2=C(C)C)C1C(=O)O. The molecule has 4 heteroatoms. The van der Waals surface area contributed by atoms with Crippen LogP contribution in [0.5, 0.6) is 0 Å². The van der Waals surface area contributed by atoms with Gasteiger partial charge in [-0.1, -0.05) is 30.9 Å². The smallest absolute Gasteiger partial charge is 0.307 e. The Hall–Kier alpha value is -1.76. The number of carbonyl (C=O) groups is 2. The molecule has 23 heavy (non-hydrogen) atoms. The lowest BCUT2D eigenvalue weighted by molar-refractivity contribution is -0.149. The van der Waals surface area contributed by atoms with Gasteiger partial charge in [0, 0.05) is 0 Å². The van der Waals surface area contributed by atoms with E-state index in [1.165, 1.54) is 5.57 Å². The van der Waals surface area contributed by atoms with E-state index in [0.29, 0.717) is 12.8 Å². The maximum Gasteiger partial charge on any atom is 0.307 e. The second-order valence-electron chi connectivity index (χ2n) is 7.06. The first kappa shape index (κ1) is 17.6. The lowest BCUT2D eigenvalue weighted by Crippen LogP contribution is -2.51. The van der Waals surface area contributed by atoms with Crippen molar-refractivity contribution in [1.29, 1.82) is 0 Å². The Labute approximate surface area is 138 Å². The lowest BCUT2D eigenvalue weighted by atomic mass is 9.78. The average Bonchev–Trinajstić information content (AvgIpc) is 3.08. The Balaban J connectivity index is 2.34. The van der Waals surface area contributed by atoms with Gasteiger partial charge in [0.25, 0.3) is 0 Å². The molecule has 1 amide bonds. The monoisotopic (exact) mass is 317 g/mol. The number of hydrogen-bond donors (Lipinski definition) is 2. The zero-order valence-electron chi connectivity index (χ0n) is 14.5. The zero-order valence-corrected chi connectivity index (χ0v) is 14.5. The number of amides is 1. The first-order valence-corrected chi connectivity index (χ1v) is 8.51. The molecule has 0 spiro atoms. The van der Waals surface area contributed by atoms with Gasteiger partial charge in [0.1, 0.15) is 5.54 Å². The molecule has 2 bridgehead atoms. The van der Waals surface area contributed by atoms with Crippen LogP contribution in [0.3, 0.4) is 0 Å². The molecule has 4 nitrogen and oxygen atoms in total. The summed E-state index contributed by atoms with van der Waals surface area (Å²) in [7, 11) is 0. The number of hydrogen-bond acceptors (Lipinski definition) is 2. The number of nitrogens with one attached hydrogen (secondary N) is 1. The molecule has 0 aromatic heterocycles. The summed E-state index contributed by atoms with van der Waals surface area (Å²) < 4.78 is 0. The quantitative estimate of drug-likeness (QED) is 0.605. The molecule has 0 saturated heterocycles. The van der Waals surface area contributed by atoms with Crippen LogP contribution in [0.25, 0.3) is 0 Å². The van der Waals surface area contributed by atoms with Gasteiger partial charge in [-0.05, 0) is 51.4 Å². The molecule has 2 rings (SSSR count). The molecule has 0 aliphatic heterocycles. The highest BCUT2D eigenvalue weighted by Crippen LogP contribution is 2.57. The van der Waals surface area contributed by atoms with E-state index in [1.807, 2.05) is 27.7 Å². The van der Waals surface area contributed by atoms with Crippen molar-refractivity contribution in [3.63, 3.8) is 0 Å². The fraction of sp³-hybridized carbons (Fsp3) is 0.684. The first-order chi connectivity index (χ1) is 10.8. The third-order valence-electron chi connectivity index (χ3n) is 5.85. The molecule has 0 aromatic rings. The minimum absolute atomic E-state index is 0.00161. The second kappa shape index (κ2) is 6.39. The Morgan fingerprint density at radius 1 is 1.22 bits per heavy atom. The van der Waals surface area contributed by atoms with Crippen LogP contribution >= 0.6 is 0 Å². The molecule has 2 aliphatic rings. The molecule has 126 valence electrons. The Morgan fingerprint density at radius 3 is 2.13 bits per heavy atom. The molecular formula is C19H27NO3. The van der Waals surface area contributed by atoms with Crippen molar-refractivity contribution in [3.05, 3.63) is 11.1 Å². The molecule has 0 heterocycles. The van der Waals surface area contributed by atoms with Crippen molar-refractivity contribution in [2.75, 3.05) is 0 Å². The topological polar surface area (TPSA) is 66.4 Å². The predicted molar refractivity (Wildman–Crippen MR) is 89.5 cm³/mol. The number of carboxylic acids is 1. The number of terminal acetylenes is 1. The largest absolute Gasteiger partial charge is 0.481 e. The standard InChI is InChI=1S/C19H27NO3/c1-6-19(7-2,8-3)20-17(21)15-12-9-10-13(14(12)11(4)5)16(15)18(22)23/h1,12-13,15-16H,7-10H2,2-5H3,(H,20,21)(H,22,23). The number of rotatable bonds is 5. The van der Waals surface area contributed by atoms with Crippen LogP contribution in [0.2, 0.25) is 0 Å². The number of allylic oxidation sites excluding steroid dienone is 2. The summed E-state index contributed by atoms with van der Waals surface area (Å²) in [6.07, 6.45) is 8.67. The molecule has 2 fully saturated rings. The third-order valence-corrected chi connectivity index (χ3v) is 5.85. The normalized spacial score (nSPS) is 29.3. The van der Waals surface area contributed by atoms with Crippen molar-refractivity contribution >= 4 is 11.9 Å². The molecule has 2 N–H and O–H groups in total. The Morgan fingerprint density at radius 2 is 1.74 bits per heavy atom. The van der Waals surface area contributed by atoms with Crippen LogP contribution in [-0.2, 0) is 9.59 Å².